The third-order valence-electron chi connectivity index (χ3n) is 6.02. The lowest BCUT2D eigenvalue weighted by Crippen LogP contribution is -2.45. The molecule has 2 aliphatic rings. The minimum Gasteiger partial charge on any atom is -0.484 e. The summed E-state index contributed by atoms with van der Waals surface area (Å²) < 4.78 is 43.0. The second-order valence-electron chi connectivity index (χ2n) is 8.04. The van der Waals surface area contributed by atoms with Gasteiger partial charge in [-0.15, -0.1) is 0 Å². The molecule has 0 bridgehead atoms. The van der Waals surface area contributed by atoms with Crippen LogP contribution in [0, 0.1) is 0 Å². The van der Waals surface area contributed by atoms with Crippen LogP contribution in [-0.2, 0) is 29.6 Å². The highest BCUT2D eigenvalue weighted by molar-refractivity contribution is 7.80. The molecular weight excluding hydrogens is 425 g/mol. The van der Waals surface area contributed by atoms with Crippen LogP contribution in [0.15, 0.2) is 42.5 Å². The molecule has 0 radical (unpaired) electrons. The van der Waals surface area contributed by atoms with Gasteiger partial charge >= 0.3 is 6.18 Å². The van der Waals surface area contributed by atoms with Gasteiger partial charge in [0.05, 0.1) is 0 Å². The van der Waals surface area contributed by atoms with E-state index in [9.17, 15) is 18.0 Å². The lowest BCUT2D eigenvalue weighted by molar-refractivity contribution is -0.153. The Kier molecular flexibility index (Phi) is 5.68. The Balaban J connectivity index is 1.79. The number of likely N-dealkylation sites (N-methyl/N-ethyl adjacent to an activating group) is 1. The molecule has 0 saturated carbocycles. The fraction of sp³-hybridized carbons (Fsp3) is 0.391. The van der Waals surface area contributed by atoms with Crippen molar-refractivity contribution in [3.05, 3.63) is 64.7 Å². The van der Waals surface area contributed by atoms with Gasteiger partial charge in [-0.25, -0.2) is 0 Å². The molecule has 0 aromatic heterocycles. The Morgan fingerprint density at radius 1 is 1.10 bits per heavy atom. The molecule has 1 heterocycles. The summed E-state index contributed by atoms with van der Waals surface area (Å²) in [4.78, 5) is 14.8. The Labute approximate surface area is 184 Å². The maximum Gasteiger partial charge on any atom is 0.422 e. The lowest BCUT2D eigenvalue weighted by Gasteiger charge is -2.31. The summed E-state index contributed by atoms with van der Waals surface area (Å²) in [7, 11) is 1.61. The Morgan fingerprint density at radius 2 is 1.77 bits per heavy atom. The summed E-state index contributed by atoms with van der Waals surface area (Å²) in [6.45, 7) is -1.38. The molecule has 4 nitrogen and oxygen atoms in total. The molecule has 31 heavy (non-hydrogen) atoms. The van der Waals surface area contributed by atoms with Crippen LogP contribution in [0.3, 0.4) is 0 Å². The summed E-state index contributed by atoms with van der Waals surface area (Å²) in [6.07, 6.45) is -0.922. The average Bonchev–Trinajstić information content (AvgIpc) is 2.95. The molecule has 164 valence electrons. The first kappa shape index (κ1) is 21.6. The van der Waals surface area contributed by atoms with Crippen molar-refractivity contribution in [1.29, 1.82) is 0 Å². The van der Waals surface area contributed by atoms with Crippen molar-refractivity contribution in [3.63, 3.8) is 0 Å². The Morgan fingerprint density at radius 3 is 2.42 bits per heavy atom. The van der Waals surface area contributed by atoms with Gasteiger partial charge in [0, 0.05) is 7.05 Å². The zero-order valence-corrected chi connectivity index (χ0v) is 17.9. The highest BCUT2D eigenvalue weighted by atomic mass is 32.1. The zero-order chi connectivity index (χ0) is 22.2. The zero-order valence-electron chi connectivity index (χ0n) is 17.1. The van der Waals surface area contributed by atoms with Gasteiger partial charge in [0.2, 0.25) is 0 Å². The SMILES string of the molecule is CN1C(=O)C2(CCc3ccccc3CCCc3ccc(OCC(F)(F)F)cc32)NC1=S. The maximum absolute atomic E-state index is 13.4. The van der Waals surface area contributed by atoms with E-state index in [1.807, 2.05) is 12.1 Å². The number of fused-ring (bicyclic) bond motifs is 3. The van der Waals surface area contributed by atoms with Crippen LogP contribution in [0.1, 0.15) is 35.1 Å². The highest BCUT2D eigenvalue weighted by Gasteiger charge is 2.50. The number of halogens is 3. The first-order valence-corrected chi connectivity index (χ1v) is 10.6. The molecule has 4 rings (SSSR count). The summed E-state index contributed by atoms with van der Waals surface area (Å²) in [5.41, 5.74) is 2.85. The van der Waals surface area contributed by atoms with Crippen LogP contribution in [-0.4, -0.2) is 35.8 Å². The quantitative estimate of drug-likeness (QED) is 0.696. The van der Waals surface area contributed by atoms with Crippen LogP contribution in [0.4, 0.5) is 13.2 Å². The summed E-state index contributed by atoms with van der Waals surface area (Å²) in [5, 5.41) is 3.51. The summed E-state index contributed by atoms with van der Waals surface area (Å²) in [5.74, 6) is -0.118. The predicted octanol–water partition coefficient (Wildman–Crippen LogP) is 4.29. The molecule has 1 amide bonds. The van der Waals surface area contributed by atoms with Crippen molar-refractivity contribution in [2.24, 2.45) is 0 Å². The summed E-state index contributed by atoms with van der Waals surface area (Å²) >= 11 is 5.36. The molecule has 8 heteroatoms. The van der Waals surface area contributed by atoms with Gasteiger partial charge in [0.1, 0.15) is 11.3 Å². The van der Waals surface area contributed by atoms with Crippen LogP contribution >= 0.6 is 12.2 Å². The number of nitrogens with one attached hydrogen (secondary N) is 1. The van der Waals surface area contributed by atoms with Gasteiger partial charge in [0.15, 0.2) is 11.7 Å². The molecule has 1 aliphatic heterocycles. The predicted molar refractivity (Wildman–Crippen MR) is 115 cm³/mol. The van der Waals surface area contributed by atoms with E-state index in [-0.39, 0.29) is 11.7 Å². The van der Waals surface area contributed by atoms with E-state index in [1.54, 1.807) is 25.2 Å². The van der Waals surface area contributed by atoms with Gasteiger partial charge in [-0.2, -0.15) is 13.2 Å². The lowest BCUT2D eigenvalue weighted by atomic mass is 9.78. The molecule has 1 N–H and O–H groups in total. The number of alkyl halides is 3. The number of amides is 1. The number of thiocarbonyl (C=S) groups is 1. The molecule has 1 unspecified atom stereocenters. The van der Waals surface area contributed by atoms with Gasteiger partial charge in [0.25, 0.3) is 5.91 Å². The van der Waals surface area contributed by atoms with E-state index in [0.717, 1.165) is 18.4 Å². The summed E-state index contributed by atoms with van der Waals surface area (Å²) in [6, 6.07) is 13.1. The fourth-order valence-corrected chi connectivity index (χ4v) is 4.70. The van der Waals surface area contributed by atoms with E-state index in [2.05, 4.69) is 17.4 Å². The number of rotatable bonds is 2. The van der Waals surface area contributed by atoms with Crippen LogP contribution in [0.5, 0.6) is 5.75 Å². The second kappa shape index (κ2) is 8.15. The van der Waals surface area contributed by atoms with Crippen molar-refractivity contribution in [2.75, 3.05) is 13.7 Å². The monoisotopic (exact) mass is 448 g/mol. The largest absolute Gasteiger partial charge is 0.484 e. The number of aryl methyl sites for hydroxylation is 3. The smallest absolute Gasteiger partial charge is 0.422 e. The number of benzene rings is 2. The minimum atomic E-state index is -4.44. The molecule has 2 aromatic carbocycles. The molecule has 1 aliphatic carbocycles. The van der Waals surface area contributed by atoms with Gasteiger partial charge in [-0.1, -0.05) is 30.3 Å². The number of hydrogen-bond acceptors (Lipinski definition) is 3. The van der Waals surface area contributed by atoms with E-state index >= 15 is 0 Å². The van der Waals surface area contributed by atoms with Gasteiger partial charge in [-0.05, 0) is 78.7 Å². The third-order valence-corrected chi connectivity index (χ3v) is 6.39. The first-order valence-electron chi connectivity index (χ1n) is 10.2. The van der Waals surface area contributed by atoms with Crippen molar-refractivity contribution in [3.8, 4) is 5.75 Å². The Bertz CT molecular complexity index is 1020. The minimum absolute atomic E-state index is 0.0861. The molecule has 2 aromatic rings. The number of nitrogens with zero attached hydrogens (tertiary/aromatic N) is 1. The number of ether oxygens (including phenoxy) is 1. The van der Waals surface area contributed by atoms with Crippen molar-refractivity contribution in [1.82, 2.24) is 10.2 Å². The molecule has 1 spiro atoms. The van der Waals surface area contributed by atoms with E-state index < -0.39 is 18.3 Å². The van der Waals surface area contributed by atoms with E-state index in [1.165, 1.54) is 16.0 Å². The fourth-order valence-electron chi connectivity index (χ4n) is 4.45. The van der Waals surface area contributed by atoms with Crippen molar-refractivity contribution >= 4 is 23.2 Å². The number of carbonyl (C=O) groups excluding carboxylic acids is 1. The third kappa shape index (κ3) is 4.26. The molecule has 1 saturated heterocycles. The van der Waals surface area contributed by atoms with Gasteiger partial charge in [-0.3, -0.25) is 9.69 Å². The molecular formula is C23H23F3N2O2S. The van der Waals surface area contributed by atoms with Crippen molar-refractivity contribution < 1.29 is 22.7 Å². The first-order chi connectivity index (χ1) is 14.7. The number of carbonyl (C=O) groups is 1. The van der Waals surface area contributed by atoms with E-state index in [4.69, 9.17) is 17.0 Å². The van der Waals surface area contributed by atoms with E-state index in [0.29, 0.717) is 29.9 Å². The standard InChI is InChI=1S/C23H23F3N2O2S/c1-28-20(29)22(27-21(28)31)12-11-16-6-3-2-5-15(16)7-4-8-17-9-10-18(13-19(17)22)30-14-23(24,25)26/h2-3,5-6,9-10,13H,4,7-8,11-12,14H2,1H3,(H,27,31). The average molecular weight is 449 g/mol. The normalized spacial score (nSPS) is 21.5. The highest BCUT2D eigenvalue weighted by Crippen LogP contribution is 2.39. The maximum atomic E-state index is 13.4. The van der Waals surface area contributed by atoms with Gasteiger partial charge < -0.3 is 10.1 Å². The topological polar surface area (TPSA) is 41.6 Å². The Hall–Kier alpha value is -2.61. The molecule has 1 fully saturated rings. The number of hydrogen-bond donors (Lipinski definition) is 1. The molecule has 1 atom stereocenters. The van der Waals surface area contributed by atoms with Crippen LogP contribution < -0.4 is 10.1 Å². The van der Waals surface area contributed by atoms with Crippen LogP contribution in [0.2, 0.25) is 0 Å². The second-order valence-corrected chi connectivity index (χ2v) is 8.43. The van der Waals surface area contributed by atoms with Crippen molar-refractivity contribution in [2.45, 2.75) is 43.8 Å². The van der Waals surface area contributed by atoms with Crippen LogP contribution in [0.25, 0.3) is 0 Å².